The van der Waals surface area contributed by atoms with Gasteiger partial charge in [-0.25, -0.2) is 14.8 Å². The molecule has 8 nitrogen and oxygen atoms in total. The average molecular weight is 410 g/mol. The first-order valence-electron chi connectivity index (χ1n) is 8.55. The number of nitrogens with one attached hydrogen (secondary N) is 1. The number of thiazole rings is 2. The van der Waals surface area contributed by atoms with Gasteiger partial charge in [-0.05, 0) is 6.92 Å². The zero-order chi connectivity index (χ0) is 19.9. The summed E-state index contributed by atoms with van der Waals surface area (Å²) in [4.78, 5) is 35.3. The van der Waals surface area contributed by atoms with Gasteiger partial charge < -0.3 is 15.7 Å². The van der Waals surface area contributed by atoms with Crippen LogP contribution < -0.4 is 11.1 Å². The number of rotatable bonds is 3. The Hall–Kier alpha value is -2.04. The molecular formula is C17H23N5O3S2. The molecular weight excluding hydrogens is 386 g/mol. The van der Waals surface area contributed by atoms with Crippen LogP contribution in [0.5, 0.6) is 0 Å². The van der Waals surface area contributed by atoms with Crippen molar-refractivity contribution < 1.29 is 14.7 Å². The molecule has 27 heavy (non-hydrogen) atoms. The molecule has 0 aliphatic carbocycles. The fraction of sp³-hybridized carbons (Fsp3) is 0.529. The quantitative estimate of drug-likeness (QED) is 0.718. The van der Waals surface area contributed by atoms with E-state index >= 15 is 0 Å². The first-order valence-corrected chi connectivity index (χ1v) is 10.2. The van der Waals surface area contributed by atoms with Gasteiger partial charge in [0.1, 0.15) is 6.04 Å². The summed E-state index contributed by atoms with van der Waals surface area (Å²) in [6, 6.07) is -1.31. The summed E-state index contributed by atoms with van der Waals surface area (Å²) in [5.74, 6) is -0.630. The number of nitrogens with zero attached hydrogens (tertiary/aromatic N) is 3. The van der Waals surface area contributed by atoms with E-state index in [1.165, 1.54) is 16.2 Å². The molecule has 0 aromatic carbocycles. The Kier molecular flexibility index (Phi) is 5.24. The van der Waals surface area contributed by atoms with E-state index in [1.807, 2.05) is 12.3 Å². The maximum atomic E-state index is 12.5. The number of aliphatic hydroxyl groups is 1. The van der Waals surface area contributed by atoms with Crippen molar-refractivity contribution in [1.82, 2.24) is 14.9 Å². The number of urea groups is 1. The molecule has 0 bridgehead atoms. The van der Waals surface area contributed by atoms with Crippen LogP contribution in [0.25, 0.3) is 10.6 Å². The minimum absolute atomic E-state index is 0.0289. The molecule has 0 radical (unpaired) electrons. The third-order valence-corrected chi connectivity index (χ3v) is 6.62. The first kappa shape index (κ1) is 19.7. The lowest BCUT2D eigenvalue weighted by atomic mass is 9.98. The second kappa shape index (κ2) is 7.17. The Bertz CT molecular complexity index is 870. The second-order valence-corrected chi connectivity index (χ2v) is 9.47. The van der Waals surface area contributed by atoms with E-state index in [2.05, 4.69) is 31.1 Å². The molecule has 0 saturated carbocycles. The van der Waals surface area contributed by atoms with Crippen molar-refractivity contribution in [2.75, 3.05) is 11.9 Å². The van der Waals surface area contributed by atoms with Gasteiger partial charge in [0.05, 0.1) is 27.4 Å². The zero-order valence-electron chi connectivity index (χ0n) is 15.6. The highest BCUT2D eigenvalue weighted by Crippen LogP contribution is 2.36. The van der Waals surface area contributed by atoms with Crippen LogP contribution in [0.15, 0.2) is 5.38 Å². The Labute approximate surface area is 165 Å². The fourth-order valence-electron chi connectivity index (χ4n) is 2.88. The first-order chi connectivity index (χ1) is 12.6. The van der Waals surface area contributed by atoms with Crippen LogP contribution in [0.2, 0.25) is 0 Å². The molecule has 1 saturated heterocycles. The van der Waals surface area contributed by atoms with Gasteiger partial charge in [0.15, 0.2) is 5.13 Å². The SMILES string of the molecule is Cc1nc(NC(=O)N2C[C@@H](O)C[C@H]2C(N)=O)sc1-c1csc(C(C)(C)C)n1. The van der Waals surface area contributed by atoms with Gasteiger partial charge in [0.2, 0.25) is 5.91 Å². The van der Waals surface area contributed by atoms with Crippen LogP contribution >= 0.6 is 22.7 Å². The van der Waals surface area contributed by atoms with E-state index in [9.17, 15) is 14.7 Å². The zero-order valence-corrected chi connectivity index (χ0v) is 17.3. The number of likely N-dealkylation sites (tertiary alicyclic amines) is 1. The van der Waals surface area contributed by atoms with E-state index in [1.54, 1.807) is 11.3 Å². The van der Waals surface area contributed by atoms with Crippen LogP contribution in [0, 0.1) is 6.92 Å². The molecule has 2 atom stereocenters. The molecule has 1 fully saturated rings. The summed E-state index contributed by atoms with van der Waals surface area (Å²) < 4.78 is 0. The van der Waals surface area contributed by atoms with Gasteiger partial charge in [0.25, 0.3) is 0 Å². The largest absolute Gasteiger partial charge is 0.391 e. The molecule has 10 heteroatoms. The average Bonchev–Trinajstić information content (AvgIpc) is 3.24. The molecule has 146 valence electrons. The van der Waals surface area contributed by atoms with E-state index in [0.29, 0.717) is 5.13 Å². The standard InChI is InChI=1S/C17H23N5O3S2/c1-8-12(10-7-26-14(20-10)17(2,3)4)27-15(19-8)21-16(25)22-6-9(23)5-11(22)13(18)24/h7,9,11,23H,5-6H2,1-4H3,(H2,18,24)(H,19,21,25)/t9-,11-/m0/s1. The third kappa shape index (κ3) is 4.12. The maximum Gasteiger partial charge on any atom is 0.324 e. The molecule has 0 unspecified atom stereocenters. The predicted molar refractivity (Wildman–Crippen MR) is 106 cm³/mol. The number of carbonyl (C=O) groups is 2. The highest BCUT2D eigenvalue weighted by Gasteiger charge is 2.38. The third-order valence-electron chi connectivity index (χ3n) is 4.26. The monoisotopic (exact) mass is 409 g/mol. The van der Waals surface area contributed by atoms with E-state index in [-0.39, 0.29) is 18.4 Å². The summed E-state index contributed by atoms with van der Waals surface area (Å²) in [5, 5.41) is 15.9. The van der Waals surface area contributed by atoms with Crippen molar-refractivity contribution >= 4 is 39.7 Å². The van der Waals surface area contributed by atoms with Gasteiger partial charge in [0, 0.05) is 23.8 Å². The Morgan fingerprint density at radius 1 is 1.37 bits per heavy atom. The number of anilines is 1. The number of amides is 3. The molecule has 3 amide bonds. The Balaban J connectivity index is 1.78. The number of primary amides is 1. The van der Waals surface area contributed by atoms with Crippen LogP contribution in [-0.2, 0) is 10.2 Å². The fourth-order valence-corrected chi connectivity index (χ4v) is 4.77. The van der Waals surface area contributed by atoms with E-state index < -0.39 is 24.1 Å². The Morgan fingerprint density at radius 2 is 2.07 bits per heavy atom. The van der Waals surface area contributed by atoms with Gasteiger partial charge in [-0.15, -0.1) is 11.3 Å². The molecule has 4 N–H and O–H groups in total. The van der Waals surface area contributed by atoms with Crippen molar-refractivity contribution in [3.63, 3.8) is 0 Å². The number of aryl methyl sites for hydroxylation is 1. The van der Waals surface area contributed by atoms with Gasteiger partial charge >= 0.3 is 6.03 Å². The Morgan fingerprint density at radius 3 is 2.67 bits per heavy atom. The highest BCUT2D eigenvalue weighted by atomic mass is 32.1. The van der Waals surface area contributed by atoms with Gasteiger partial charge in [-0.2, -0.15) is 0 Å². The van der Waals surface area contributed by atoms with Crippen molar-refractivity contribution in [3.8, 4) is 10.6 Å². The van der Waals surface area contributed by atoms with Crippen molar-refractivity contribution in [2.45, 2.75) is 51.7 Å². The number of aliphatic hydroxyl groups excluding tert-OH is 1. The molecule has 1 aliphatic rings. The minimum Gasteiger partial charge on any atom is -0.391 e. The number of aromatic nitrogens is 2. The number of β-amino-alcohol motifs (C(OH)–C–C–N with tert-alkyl or cyclic N) is 1. The van der Waals surface area contributed by atoms with Gasteiger partial charge in [-0.1, -0.05) is 32.1 Å². The second-order valence-electron chi connectivity index (χ2n) is 7.61. The normalized spacial score (nSPS) is 20.1. The molecule has 0 spiro atoms. The van der Waals surface area contributed by atoms with E-state index in [4.69, 9.17) is 10.7 Å². The summed E-state index contributed by atoms with van der Waals surface area (Å²) >= 11 is 2.93. The van der Waals surface area contributed by atoms with Crippen LogP contribution in [-0.4, -0.2) is 50.6 Å². The van der Waals surface area contributed by atoms with Crippen molar-refractivity contribution in [2.24, 2.45) is 5.73 Å². The van der Waals surface area contributed by atoms with E-state index in [0.717, 1.165) is 21.3 Å². The highest BCUT2D eigenvalue weighted by molar-refractivity contribution is 7.19. The molecule has 3 heterocycles. The molecule has 2 aromatic rings. The lowest BCUT2D eigenvalue weighted by molar-refractivity contribution is -0.121. The molecule has 2 aromatic heterocycles. The summed E-state index contributed by atoms with van der Waals surface area (Å²) in [7, 11) is 0. The topological polar surface area (TPSA) is 121 Å². The lowest BCUT2D eigenvalue weighted by Gasteiger charge is -2.21. The van der Waals surface area contributed by atoms with Gasteiger partial charge in [-0.3, -0.25) is 10.1 Å². The van der Waals surface area contributed by atoms with Crippen molar-refractivity contribution in [1.29, 1.82) is 0 Å². The van der Waals surface area contributed by atoms with Crippen LogP contribution in [0.3, 0.4) is 0 Å². The molecule has 3 rings (SSSR count). The summed E-state index contributed by atoms with van der Waals surface area (Å²) in [6.07, 6.45) is -0.605. The number of hydrogen-bond donors (Lipinski definition) is 3. The van der Waals surface area contributed by atoms with Crippen molar-refractivity contribution in [3.05, 3.63) is 16.1 Å². The summed E-state index contributed by atoms with van der Waals surface area (Å²) in [5.41, 5.74) is 6.91. The number of carbonyl (C=O) groups excluding carboxylic acids is 2. The smallest absolute Gasteiger partial charge is 0.324 e. The molecule has 1 aliphatic heterocycles. The minimum atomic E-state index is -0.812. The lowest BCUT2D eigenvalue weighted by Crippen LogP contribution is -2.45. The van der Waals surface area contributed by atoms with Crippen LogP contribution in [0.4, 0.5) is 9.93 Å². The number of nitrogens with two attached hydrogens (primary N) is 1. The van der Waals surface area contributed by atoms with Crippen LogP contribution in [0.1, 0.15) is 37.9 Å². The predicted octanol–water partition coefficient (Wildman–Crippen LogP) is 2.32. The number of hydrogen-bond acceptors (Lipinski definition) is 7. The summed E-state index contributed by atoms with van der Waals surface area (Å²) in [6.45, 7) is 8.27. The maximum absolute atomic E-state index is 12.5.